The van der Waals surface area contributed by atoms with Crippen LogP contribution in [0.1, 0.15) is 24.5 Å². The normalized spacial score (nSPS) is 18.3. The molecule has 2 N–H and O–H groups in total. The molecule has 0 saturated carbocycles. The Bertz CT molecular complexity index is 652. The van der Waals surface area contributed by atoms with Gasteiger partial charge in [0.25, 0.3) is 0 Å². The maximum absolute atomic E-state index is 12.3. The summed E-state index contributed by atoms with van der Waals surface area (Å²) in [4.78, 5) is 17.6. The van der Waals surface area contributed by atoms with Crippen LogP contribution in [0.4, 0.5) is 0 Å². The van der Waals surface area contributed by atoms with E-state index in [4.69, 9.17) is 0 Å². The number of para-hydroxylation sites is 1. The van der Waals surface area contributed by atoms with E-state index in [1.807, 2.05) is 11.1 Å². The summed E-state index contributed by atoms with van der Waals surface area (Å²) in [6.07, 6.45) is 3.44. The van der Waals surface area contributed by atoms with Gasteiger partial charge in [-0.2, -0.15) is 0 Å². The Balaban J connectivity index is 0.00000176. The van der Waals surface area contributed by atoms with Crippen LogP contribution in [-0.2, 0) is 11.2 Å². The molecule has 2 heterocycles. The zero-order valence-corrected chi connectivity index (χ0v) is 14.0. The molecule has 0 unspecified atom stereocenters. The number of amides is 1. The van der Waals surface area contributed by atoms with Crippen molar-refractivity contribution in [2.75, 3.05) is 19.6 Å². The highest BCUT2D eigenvalue weighted by Crippen LogP contribution is 2.22. The molecule has 120 valence electrons. The van der Waals surface area contributed by atoms with Crippen LogP contribution in [0.15, 0.2) is 24.4 Å². The molecule has 1 aliphatic rings. The number of hydrogen-bond donors (Lipinski definition) is 2. The van der Waals surface area contributed by atoms with Crippen molar-refractivity contribution in [3.63, 3.8) is 0 Å². The lowest BCUT2D eigenvalue weighted by atomic mass is 10.1. The lowest BCUT2D eigenvalue weighted by molar-refractivity contribution is -0.132. The van der Waals surface area contributed by atoms with E-state index in [2.05, 4.69) is 42.3 Å². The molecule has 1 aromatic heterocycles. The van der Waals surface area contributed by atoms with Gasteiger partial charge < -0.3 is 15.2 Å². The number of carbonyl (C=O) groups is 1. The van der Waals surface area contributed by atoms with Crippen molar-refractivity contribution in [3.8, 4) is 0 Å². The Morgan fingerprint density at radius 1 is 1.41 bits per heavy atom. The van der Waals surface area contributed by atoms with Gasteiger partial charge in [-0.25, -0.2) is 0 Å². The molecule has 5 heteroatoms. The lowest BCUT2D eigenvalue weighted by Gasteiger charge is -2.32. The van der Waals surface area contributed by atoms with E-state index in [0.717, 1.165) is 26.1 Å². The van der Waals surface area contributed by atoms with Crippen LogP contribution in [0.5, 0.6) is 0 Å². The topological polar surface area (TPSA) is 48.1 Å². The zero-order valence-electron chi connectivity index (χ0n) is 13.2. The van der Waals surface area contributed by atoms with E-state index in [1.54, 1.807) is 0 Å². The zero-order chi connectivity index (χ0) is 14.8. The number of halogens is 1. The predicted molar refractivity (Wildman–Crippen MR) is 92.6 cm³/mol. The molecule has 0 radical (unpaired) electrons. The largest absolute Gasteiger partial charge is 0.361 e. The van der Waals surface area contributed by atoms with Crippen molar-refractivity contribution in [1.29, 1.82) is 0 Å². The average Bonchev–Trinajstić information content (AvgIpc) is 2.89. The number of aromatic amines is 1. The fraction of sp³-hybridized carbons (Fsp3) is 0.471. The molecule has 1 aromatic carbocycles. The highest BCUT2D eigenvalue weighted by Gasteiger charge is 2.20. The molecular formula is C17H24ClN3O. The molecule has 0 aliphatic carbocycles. The second kappa shape index (κ2) is 7.16. The van der Waals surface area contributed by atoms with E-state index in [0.29, 0.717) is 12.5 Å². The third-order valence-corrected chi connectivity index (χ3v) is 4.34. The van der Waals surface area contributed by atoms with Gasteiger partial charge in [-0.1, -0.05) is 18.2 Å². The quantitative estimate of drug-likeness (QED) is 0.913. The minimum absolute atomic E-state index is 0. The van der Waals surface area contributed by atoms with Crippen molar-refractivity contribution in [3.05, 3.63) is 35.5 Å². The lowest BCUT2D eigenvalue weighted by Crippen LogP contribution is -2.51. The van der Waals surface area contributed by atoms with Crippen molar-refractivity contribution >= 4 is 29.2 Å². The van der Waals surface area contributed by atoms with Crippen molar-refractivity contribution in [1.82, 2.24) is 15.2 Å². The first kappa shape index (κ1) is 16.8. The molecule has 22 heavy (non-hydrogen) atoms. The van der Waals surface area contributed by atoms with Gasteiger partial charge in [-0.05, 0) is 31.4 Å². The predicted octanol–water partition coefficient (Wildman–Crippen LogP) is 2.65. The first-order chi connectivity index (χ1) is 10.1. The Labute approximate surface area is 137 Å². The molecule has 0 spiro atoms. The first-order valence-corrected chi connectivity index (χ1v) is 7.72. The Morgan fingerprint density at radius 2 is 2.23 bits per heavy atom. The number of piperazine rings is 1. The molecule has 0 bridgehead atoms. The van der Waals surface area contributed by atoms with Crippen LogP contribution in [0.3, 0.4) is 0 Å². The Hall–Kier alpha value is -1.52. The highest BCUT2D eigenvalue weighted by atomic mass is 35.5. The second-order valence-electron chi connectivity index (χ2n) is 6.01. The minimum atomic E-state index is 0. The third-order valence-electron chi connectivity index (χ3n) is 4.34. The molecule has 1 atom stereocenters. The number of nitrogens with zero attached hydrogens (tertiary/aromatic N) is 1. The van der Waals surface area contributed by atoms with Crippen LogP contribution in [0.2, 0.25) is 0 Å². The molecular weight excluding hydrogens is 298 g/mol. The number of carbonyl (C=O) groups excluding carboxylic acids is 1. The van der Waals surface area contributed by atoms with Gasteiger partial charge in [0, 0.05) is 49.2 Å². The van der Waals surface area contributed by atoms with Gasteiger partial charge in [0.05, 0.1) is 0 Å². The van der Waals surface area contributed by atoms with Crippen LogP contribution < -0.4 is 5.32 Å². The standard InChI is InChI=1S/C17H23N3O.ClH/c1-12-4-3-5-15-14(10-19-17(12)15)6-7-16(21)20-9-8-18-13(2)11-20;/h3-5,10,13,18-19H,6-9,11H2,1-2H3;1H/t13-;/m1./s1. The van der Waals surface area contributed by atoms with Crippen molar-refractivity contribution < 1.29 is 4.79 Å². The Kier molecular flexibility index (Phi) is 5.48. The molecule has 1 amide bonds. The smallest absolute Gasteiger partial charge is 0.222 e. The Morgan fingerprint density at radius 3 is 3.00 bits per heavy atom. The maximum atomic E-state index is 12.3. The number of nitrogens with one attached hydrogen (secondary N) is 2. The van der Waals surface area contributed by atoms with E-state index in [9.17, 15) is 4.79 Å². The summed E-state index contributed by atoms with van der Waals surface area (Å²) in [6, 6.07) is 6.72. The number of H-pyrrole nitrogens is 1. The summed E-state index contributed by atoms with van der Waals surface area (Å²) < 4.78 is 0. The summed E-state index contributed by atoms with van der Waals surface area (Å²) in [6.45, 7) is 6.79. The molecule has 3 rings (SSSR count). The van der Waals surface area contributed by atoms with Gasteiger partial charge >= 0.3 is 0 Å². The maximum Gasteiger partial charge on any atom is 0.222 e. The number of aryl methyl sites for hydroxylation is 2. The molecule has 4 nitrogen and oxygen atoms in total. The molecule has 1 saturated heterocycles. The fourth-order valence-corrected chi connectivity index (χ4v) is 3.13. The number of benzene rings is 1. The number of aromatic nitrogens is 1. The summed E-state index contributed by atoms with van der Waals surface area (Å²) in [5, 5.41) is 4.61. The number of fused-ring (bicyclic) bond motifs is 1. The first-order valence-electron chi connectivity index (χ1n) is 7.72. The van der Waals surface area contributed by atoms with Crippen LogP contribution in [-0.4, -0.2) is 41.5 Å². The second-order valence-corrected chi connectivity index (χ2v) is 6.01. The van der Waals surface area contributed by atoms with E-state index in [-0.39, 0.29) is 18.3 Å². The van der Waals surface area contributed by atoms with Gasteiger partial charge in [0.15, 0.2) is 0 Å². The summed E-state index contributed by atoms with van der Waals surface area (Å²) in [5.74, 6) is 0.269. The van der Waals surface area contributed by atoms with E-state index >= 15 is 0 Å². The van der Waals surface area contributed by atoms with E-state index < -0.39 is 0 Å². The monoisotopic (exact) mass is 321 g/mol. The van der Waals surface area contributed by atoms with Crippen LogP contribution in [0, 0.1) is 6.92 Å². The van der Waals surface area contributed by atoms with Crippen molar-refractivity contribution in [2.24, 2.45) is 0 Å². The van der Waals surface area contributed by atoms with E-state index in [1.165, 1.54) is 22.0 Å². The minimum Gasteiger partial charge on any atom is -0.361 e. The third kappa shape index (κ3) is 3.45. The average molecular weight is 322 g/mol. The summed E-state index contributed by atoms with van der Waals surface area (Å²) >= 11 is 0. The van der Waals surface area contributed by atoms with Crippen molar-refractivity contribution in [2.45, 2.75) is 32.7 Å². The molecule has 1 fully saturated rings. The van der Waals surface area contributed by atoms with Gasteiger partial charge in [0.2, 0.25) is 5.91 Å². The SMILES string of the molecule is Cc1cccc2c(CCC(=O)N3CCN[C@H](C)C3)c[nH]c12.Cl. The summed E-state index contributed by atoms with van der Waals surface area (Å²) in [5.41, 5.74) is 3.68. The van der Waals surface area contributed by atoms with Crippen LogP contribution >= 0.6 is 12.4 Å². The molecule has 2 aromatic rings. The van der Waals surface area contributed by atoms with Gasteiger partial charge in [-0.15, -0.1) is 12.4 Å². The number of rotatable bonds is 3. The van der Waals surface area contributed by atoms with Gasteiger partial charge in [-0.3, -0.25) is 4.79 Å². The van der Waals surface area contributed by atoms with Crippen LogP contribution in [0.25, 0.3) is 10.9 Å². The summed E-state index contributed by atoms with van der Waals surface area (Å²) in [7, 11) is 0. The number of hydrogen-bond acceptors (Lipinski definition) is 2. The van der Waals surface area contributed by atoms with Gasteiger partial charge in [0.1, 0.15) is 0 Å². The highest BCUT2D eigenvalue weighted by molar-refractivity contribution is 5.86. The fourth-order valence-electron chi connectivity index (χ4n) is 3.13. The molecule has 1 aliphatic heterocycles.